The second kappa shape index (κ2) is 28.8. The molecule has 0 radical (unpaired) electrons. The summed E-state index contributed by atoms with van der Waals surface area (Å²) < 4.78 is 24.6. The molecule has 6 rings (SSSR count). The Bertz CT molecular complexity index is 2450. The largest absolute Gasteiger partial charge is 0.494 e. The lowest BCUT2D eigenvalue weighted by molar-refractivity contribution is -0.122. The number of rotatable bonds is 27. The van der Waals surface area contributed by atoms with E-state index in [1.807, 2.05) is 29.8 Å². The summed E-state index contributed by atoms with van der Waals surface area (Å²) in [6.45, 7) is 6.85. The van der Waals surface area contributed by atoms with Gasteiger partial charge in [0.15, 0.2) is 11.6 Å². The van der Waals surface area contributed by atoms with Crippen molar-refractivity contribution in [3.8, 4) is 23.0 Å². The number of hydrogen-bond acceptors (Lipinski definition) is 15. The minimum absolute atomic E-state index is 0.138. The van der Waals surface area contributed by atoms with Crippen molar-refractivity contribution in [1.29, 1.82) is 0 Å². The maximum absolute atomic E-state index is 12.6. The van der Waals surface area contributed by atoms with Crippen molar-refractivity contribution >= 4 is 48.4 Å². The van der Waals surface area contributed by atoms with Gasteiger partial charge in [-0.05, 0) is 113 Å². The molecule has 1 aliphatic heterocycles. The van der Waals surface area contributed by atoms with E-state index < -0.39 is 6.04 Å². The Morgan fingerprint density at radius 1 is 0.957 bits per heavy atom. The van der Waals surface area contributed by atoms with E-state index in [9.17, 15) is 24.0 Å². The van der Waals surface area contributed by atoms with E-state index >= 15 is 0 Å². The van der Waals surface area contributed by atoms with E-state index in [1.165, 1.54) is 11.9 Å². The predicted octanol–water partition coefficient (Wildman–Crippen LogP) is 5.69. The van der Waals surface area contributed by atoms with E-state index in [0.29, 0.717) is 79.7 Å². The maximum Gasteiger partial charge on any atom is 0.276 e. The highest BCUT2D eigenvalue weighted by atomic mass is 16.5. The van der Waals surface area contributed by atoms with Crippen LogP contribution in [0.15, 0.2) is 84.2 Å². The molecule has 0 bridgehead atoms. The van der Waals surface area contributed by atoms with Gasteiger partial charge in [-0.1, -0.05) is 18.2 Å². The van der Waals surface area contributed by atoms with Gasteiger partial charge in [-0.2, -0.15) is 0 Å². The number of aldehydes is 2. The summed E-state index contributed by atoms with van der Waals surface area (Å²) in [5.41, 5.74) is 4.66. The Morgan fingerprint density at radius 3 is 2.55 bits per heavy atom. The molecule has 0 saturated carbocycles. The zero-order valence-corrected chi connectivity index (χ0v) is 39.6. The Kier molecular flexibility index (Phi) is 22.0. The highest BCUT2D eigenvalue weighted by Crippen LogP contribution is 2.29. The van der Waals surface area contributed by atoms with Gasteiger partial charge in [-0.25, -0.2) is 15.0 Å². The summed E-state index contributed by atoms with van der Waals surface area (Å²) in [5.74, 6) is 2.40. The number of nitrogens with one attached hydrogen (secondary N) is 3. The monoisotopic (exact) mass is 946 g/mol. The number of aromatic nitrogens is 5. The number of nitrogens with zero attached hydrogens (tertiary/aromatic N) is 7. The molecule has 0 saturated heterocycles. The van der Waals surface area contributed by atoms with Crippen molar-refractivity contribution in [2.75, 3.05) is 64.4 Å². The molecule has 3 heterocycles. The molecule has 3 aromatic carbocycles. The molecule has 0 aliphatic carbocycles. The second-order valence-electron chi connectivity index (χ2n) is 16.0. The summed E-state index contributed by atoms with van der Waals surface area (Å²) in [6, 6.07) is 19.4. The van der Waals surface area contributed by atoms with Gasteiger partial charge in [-0.15, -0.1) is 10.2 Å². The molecule has 1 atom stereocenters. The molecule has 5 aromatic rings. The summed E-state index contributed by atoms with van der Waals surface area (Å²) in [7, 11) is 5.16. The van der Waals surface area contributed by atoms with Crippen molar-refractivity contribution in [2.24, 2.45) is 12.0 Å². The highest BCUT2D eigenvalue weighted by molar-refractivity contribution is 5.97. The third-order valence-electron chi connectivity index (χ3n) is 11.1. The molecule has 2 aromatic heterocycles. The number of anilines is 2. The van der Waals surface area contributed by atoms with Gasteiger partial charge in [0.2, 0.25) is 11.8 Å². The van der Waals surface area contributed by atoms with Crippen LogP contribution < -0.4 is 25.4 Å². The van der Waals surface area contributed by atoms with E-state index in [1.54, 1.807) is 67.7 Å². The van der Waals surface area contributed by atoms with Crippen molar-refractivity contribution in [3.63, 3.8) is 0 Å². The van der Waals surface area contributed by atoms with Crippen LogP contribution in [0.5, 0.6) is 11.5 Å². The van der Waals surface area contributed by atoms with Gasteiger partial charge >= 0.3 is 0 Å². The average Bonchev–Trinajstić information content (AvgIpc) is 3.75. The first kappa shape index (κ1) is 52.7. The van der Waals surface area contributed by atoms with Crippen molar-refractivity contribution < 1.29 is 42.9 Å². The van der Waals surface area contributed by atoms with Gasteiger partial charge < -0.3 is 44.3 Å². The zero-order valence-electron chi connectivity index (χ0n) is 39.6. The standard InChI is InChI=1S/C34H47N3O8.C16H15N7O/c1-35-33(40)15-12-28(24-39)37(2)22-30-27(23-38)9-6-11-31(30)36-34(41)25-43-18-8-17-42-16-4-3-5-19-44-29-13-14-32-26(21-29)10-7-20-45-32;1-17-16(24)11-4-3-5-12(8-11)19-9-14-21-22-15(23(14)2)13-6-7-18-10-20-13/h6,9,11,13-14,21,23-24,28H,3-5,7-8,10,12,15-20,22,25H2,1-2H3,(H,35,40)(H,36,41);3-8,10,19H,1,9H2,2H3. The van der Waals surface area contributed by atoms with E-state index in [2.05, 4.69) is 53.9 Å². The number of carbonyl (C=O) groups is 5. The van der Waals surface area contributed by atoms with Crippen LogP contribution >= 0.6 is 0 Å². The lowest BCUT2D eigenvalue weighted by Crippen LogP contribution is -2.34. The van der Waals surface area contributed by atoms with Gasteiger partial charge in [0, 0.05) is 81.1 Å². The molecule has 19 heteroatoms. The van der Waals surface area contributed by atoms with Gasteiger partial charge in [-0.3, -0.25) is 24.1 Å². The second-order valence-corrected chi connectivity index (χ2v) is 16.0. The molecular weight excluding hydrogens is 885 g/mol. The SMILES string of the molecule is C=NC(=O)c1cccc(NCc2nnc(-c3ccncn3)n2C)c1.CNC(=O)CCC(C=O)N(C)Cc1c(C=O)cccc1NC(=O)COCCCOCCCCCOc1ccc2c(c1)CCCO2. The summed E-state index contributed by atoms with van der Waals surface area (Å²) in [6.07, 6.45) is 10.8. The fourth-order valence-corrected chi connectivity index (χ4v) is 7.18. The van der Waals surface area contributed by atoms with Crippen LogP contribution in [0.2, 0.25) is 0 Å². The Labute approximate surface area is 402 Å². The minimum atomic E-state index is -0.522. The molecule has 69 heavy (non-hydrogen) atoms. The average molecular weight is 947 g/mol. The Balaban J connectivity index is 0.000000309. The molecule has 3 amide bonds. The highest BCUT2D eigenvalue weighted by Gasteiger charge is 2.20. The first-order valence-corrected chi connectivity index (χ1v) is 22.9. The number of likely N-dealkylation sites (N-methyl/N-ethyl adjacent to an activating group) is 1. The molecule has 366 valence electrons. The molecule has 0 fully saturated rings. The van der Waals surface area contributed by atoms with Crippen LogP contribution in [-0.4, -0.2) is 126 Å². The Morgan fingerprint density at radius 2 is 1.77 bits per heavy atom. The van der Waals surface area contributed by atoms with Crippen LogP contribution in [0.25, 0.3) is 11.5 Å². The lowest BCUT2D eigenvalue weighted by Gasteiger charge is -2.25. The predicted molar refractivity (Wildman–Crippen MR) is 261 cm³/mol. The molecule has 3 N–H and O–H groups in total. The number of aryl methyl sites for hydroxylation is 1. The summed E-state index contributed by atoms with van der Waals surface area (Å²) in [5, 5.41) is 16.9. The van der Waals surface area contributed by atoms with Gasteiger partial charge in [0.1, 0.15) is 42.7 Å². The van der Waals surface area contributed by atoms with Crippen LogP contribution in [0.4, 0.5) is 11.4 Å². The summed E-state index contributed by atoms with van der Waals surface area (Å²) >= 11 is 0. The fourth-order valence-electron chi connectivity index (χ4n) is 7.18. The first-order valence-electron chi connectivity index (χ1n) is 22.9. The van der Waals surface area contributed by atoms with E-state index in [-0.39, 0.29) is 37.3 Å². The van der Waals surface area contributed by atoms with Gasteiger partial charge in [0.25, 0.3) is 5.91 Å². The number of benzene rings is 3. The van der Waals surface area contributed by atoms with Crippen molar-refractivity contribution in [2.45, 2.75) is 70.5 Å². The maximum atomic E-state index is 12.6. The number of ether oxygens (including phenoxy) is 4. The third-order valence-corrected chi connectivity index (χ3v) is 11.1. The van der Waals surface area contributed by atoms with E-state index in [0.717, 1.165) is 74.3 Å². The Hall–Kier alpha value is -7.22. The fraction of sp³-hybridized carbons (Fsp3) is 0.400. The first-order chi connectivity index (χ1) is 33.6. The molecule has 19 nitrogen and oxygen atoms in total. The smallest absolute Gasteiger partial charge is 0.276 e. The number of aliphatic imine (C=N–C) groups is 1. The topological polar surface area (TPSA) is 230 Å². The number of hydrogen-bond donors (Lipinski definition) is 3. The van der Waals surface area contributed by atoms with Crippen LogP contribution in [0.1, 0.15) is 82.6 Å². The molecule has 1 unspecified atom stereocenters. The minimum Gasteiger partial charge on any atom is -0.494 e. The summed E-state index contributed by atoms with van der Waals surface area (Å²) in [4.78, 5) is 72.4. The number of fused-ring (bicyclic) bond motifs is 1. The third kappa shape index (κ3) is 17.1. The quantitative estimate of drug-likeness (QED) is 0.0326. The van der Waals surface area contributed by atoms with Gasteiger partial charge in [0.05, 0.1) is 25.8 Å². The zero-order chi connectivity index (χ0) is 49.2. The number of amides is 3. The number of carbonyl (C=O) groups excluding carboxylic acids is 5. The normalized spacial score (nSPS) is 12.1. The van der Waals surface area contributed by atoms with Crippen LogP contribution in [-0.2, 0) is 50.4 Å². The van der Waals surface area contributed by atoms with Crippen molar-refractivity contribution in [1.82, 2.24) is 34.9 Å². The van der Waals surface area contributed by atoms with Crippen molar-refractivity contribution in [3.05, 3.63) is 107 Å². The molecular formula is C50H62N10O9. The van der Waals surface area contributed by atoms with Crippen LogP contribution in [0, 0.1) is 0 Å². The molecule has 1 aliphatic rings. The lowest BCUT2D eigenvalue weighted by atomic mass is 10.0. The molecule has 0 spiro atoms. The van der Waals surface area contributed by atoms with Crippen LogP contribution in [0.3, 0.4) is 0 Å². The number of unbranched alkanes of at least 4 members (excludes halogenated alkanes) is 2. The van der Waals surface area contributed by atoms with E-state index in [4.69, 9.17) is 18.9 Å².